The van der Waals surface area contributed by atoms with Crippen LogP contribution < -0.4 is 10.6 Å². The quantitative estimate of drug-likeness (QED) is 0.702. The summed E-state index contributed by atoms with van der Waals surface area (Å²) in [4.78, 5) is 7.79. The van der Waals surface area contributed by atoms with E-state index in [-0.39, 0.29) is 24.4 Å². The normalized spacial score (nSPS) is 11.6. The number of anilines is 3. The second-order valence-corrected chi connectivity index (χ2v) is 6.08. The van der Waals surface area contributed by atoms with Crippen molar-refractivity contribution in [1.29, 1.82) is 5.26 Å². The highest BCUT2D eigenvalue weighted by atomic mass is 19.4. The minimum absolute atomic E-state index is 0.0201. The molecule has 0 aliphatic rings. The van der Waals surface area contributed by atoms with Crippen LogP contribution >= 0.6 is 0 Å². The minimum atomic E-state index is -4.56. The van der Waals surface area contributed by atoms with Crippen LogP contribution in [0.4, 0.5) is 30.6 Å². The first kappa shape index (κ1) is 18.4. The largest absolute Gasteiger partial charge is 0.421 e. The molecular formula is C17H16F3N7. The number of halogens is 3. The fourth-order valence-corrected chi connectivity index (χ4v) is 2.56. The van der Waals surface area contributed by atoms with Gasteiger partial charge in [-0.1, -0.05) is 6.07 Å². The van der Waals surface area contributed by atoms with E-state index in [0.717, 1.165) is 6.20 Å². The highest BCUT2D eigenvalue weighted by Gasteiger charge is 2.35. The molecule has 2 N–H and O–H groups in total. The number of alkyl halides is 3. The van der Waals surface area contributed by atoms with Crippen LogP contribution in [0.25, 0.3) is 10.9 Å². The van der Waals surface area contributed by atoms with Gasteiger partial charge in [-0.15, -0.1) is 0 Å². The van der Waals surface area contributed by atoms with E-state index in [2.05, 4.69) is 25.7 Å². The lowest BCUT2D eigenvalue weighted by atomic mass is 10.2. The van der Waals surface area contributed by atoms with Crippen molar-refractivity contribution in [1.82, 2.24) is 19.7 Å². The lowest BCUT2D eigenvalue weighted by Crippen LogP contribution is -2.18. The summed E-state index contributed by atoms with van der Waals surface area (Å²) in [7, 11) is 0. The van der Waals surface area contributed by atoms with Crippen LogP contribution in [0.1, 0.15) is 19.4 Å². The van der Waals surface area contributed by atoms with Crippen LogP contribution in [-0.2, 0) is 12.7 Å². The summed E-state index contributed by atoms with van der Waals surface area (Å²) in [5.74, 6) is -0.269. The summed E-state index contributed by atoms with van der Waals surface area (Å²) >= 11 is 0. The number of nitriles is 1. The standard InChI is InChI=1S/C17H16F3N7/c1-10(2)24-15-12(17(18,19)20)9-22-16(26-15)25-13-4-3-5-14-11(13)8-23-27(14)7-6-21/h3-5,8-10H,7H2,1-2H3,(H2,22,24,25,26). The number of hydrogen-bond donors (Lipinski definition) is 2. The van der Waals surface area contributed by atoms with Gasteiger partial charge in [-0.25, -0.2) is 4.98 Å². The summed E-state index contributed by atoms with van der Waals surface area (Å²) in [5, 5.41) is 19.3. The van der Waals surface area contributed by atoms with Crippen LogP contribution in [0.5, 0.6) is 0 Å². The van der Waals surface area contributed by atoms with Gasteiger partial charge in [0, 0.05) is 17.6 Å². The maximum absolute atomic E-state index is 13.2. The molecule has 10 heteroatoms. The predicted octanol–water partition coefficient (Wildman–Crippen LogP) is 3.93. The summed E-state index contributed by atoms with van der Waals surface area (Å²) in [6.45, 7) is 3.53. The van der Waals surface area contributed by atoms with Crippen molar-refractivity contribution in [3.63, 3.8) is 0 Å². The van der Waals surface area contributed by atoms with E-state index in [1.807, 2.05) is 6.07 Å². The van der Waals surface area contributed by atoms with Crippen molar-refractivity contribution in [2.45, 2.75) is 32.6 Å². The number of benzene rings is 1. The van der Waals surface area contributed by atoms with Gasteiger partial charge < -0.3 is 10.6 Å². The summed E-state index contributed by atoms with van der Waals surface area (Å²) in [5.41, 5.74) is 0.364. The Kier molecular flexibility index (Phi) is 4.85. The average molecular weight is 375 g/mol. The van der Waals surface area contributed by atoms with Crippen LogP contribution in [0.15, 0.2) is 30.6 Å². The predicted molar refractivity (Wildman–Crippen MR) is 94.4 cm³/mol. The molecule has 0 fully saturated rings. The Balaban J connectivity index is 1.99. The highest BCUT2D eigenvalue weighted by molar-refractivity contribution is 5.92. The van der Waals surface area contributed by atoms with Gasteiger partial charge in [0.05, 0.1) is 23.5 Å². The van der Waals surface area contributed by atoms with Gasteiger partial charge >= 0.3 is 6.18 Å². The molecule has 0 aliphatic carbocycles. The van der Waals surface area contributed by atoms with Crippen LogP contribution in [-0.4, -0.2) is 25.8 Å². The molecular weight excluding hydrogens is 359 g/mol. The molecule has 3 aromatic rings. The Morgan fingerprint density at radius 3 is 2.70 bits per heavy atom. The van der Waals surface area contributed by atoms with E-state index in [1.54, 1.807) is 38.2 Å². The maximum Gasteiger partial charge on any atom is 0.421 e. The van der Waals surface area contributed by atoms with E-state index in [9.17, 15) is 13.2 Å². The molecule has 7 nitrogen and oxygen atoms in total. The molecule has 27 heavy (non-hydrogen) atoms. The molecule has 140 valence electrons. The first-order chi connectivity index (χ1) is 12.8. The molecule has 0 radical (unpaired) electrons. The molecule has 2 heterocycles. The molecule has 0 atom stereocenters. The molecule has 0 saturated carbocycles. The van der Waals surface area contributed by atoms with Gasteiger partial charge in [-0.3, -0.25) is 4.68 Å². The lowest BCUT2D eigenvalue weighted by molar-refractivity contribution is -0.137. The number of nitrogens with one attached hydrogen (secondary N) is 2. The van der Waals surface area contributed by atoms with Crippen LogP contribution in [0, 0.1) is 11.3 Å². The molecule has 1 aromatic carbocycles. The third kappa shape index (κ3) is 3.92. The zero-order valence-electron chi connectivity index (χ0n) is 14.5. The molecule has 0 saturated heterocycles. The third-order valence-corrected chi connectivity index (χ3v) is 3.67. The Morgan fingerprint density at radius 1 is 1.26 bits per heavy atom. The number of aromatic nitrogens is 4. The second kappa shape index (κ2) is 7.11. The number of fused-ring (bicyclic) bond motifs is 1. The lowest BCUT2D eigenvalue weighted by Gasteiger charge is -2.16. The van der Waals surface area contributed by atoms with Gasteiger partial charge in [0.15, 0.2) is 0 Å². The Morgan fingerprint density at radius 2 is 2.04 bits per heavy atom. The molecule has 2 aromatic heterocycles. The maximum atomic E-state index is 13.2. The topological polar surface area (TPSA) is 91.5 Å². The first-order valence-electron chi connectivity index (χ1n) is 8.09. The summed E-state index contributed by atoms with van der Waals surface area (Å²) < 4.78 is 41.0. The summed E-state index contributed by atoms with van der Waals surface area (Å²) in [6, 6.07) is 7.06. The fourth-order valence-electron chi connectivity index (χ4n) is 2.56. The Hall–Kier alpha value is -3.35. The molecule has 0 spiro atoms. The second-order valence-electron chi connectivity index (χ2n) is 6.08. The van der Waals surface area contributed by atoms with E-state index in [4.69, 9.17) is 5.26 Å². The van der Waals surface area contributed by atoms with Gasteiger partial charge in [-0.05, 0) is 26.0 Å². The fraction of sp³-hybridized carbons (Fsp3) is 0.294. The summed E-state index contributed by atoms with van der Waals surface area (Å²) in [6.07, 6.45) is -2.24. The molecule has 0 unspecified atom stereocenters. The Bertz CT molecular complexity index is 1000. The van der Waals surface area contributed by atoms with Crippen LogP contribution in [0.3, 0.4) is 0 Å². The highest BCUT2D eigenvalue weighted by Crippen LogP contribution is 2.34. The van der Waals surface area contributed by atoms with E-state index < -0.39 is 11.7 Å². The molecule has 0 amide bonds. The monoisotopic (exact) mass is 375 g/mol. The zero-order chi connectivity index (χ0) is 19.6. The molecule has 3 rings (SSSR count). The van der Waals surface area contributed by atoms with Crippen molar-refractivity contribution in [2.24, 2.45) is 0 Å². The van der Waals surface area contributed by atoms with Crippen molar-refractivity contribution < 1.29 is 13.2 Å². The Labute approximate surface area is 152 Å². The average Bonchev–Trinajstić information content (AvgIpc) is 2.98. The van der Waals surface area contributed by atoms with E-state index >= 15 is 0 Å². The number of nitrogens with zero attached hydrogens (tertiary/aromatic N) is 5. The van der Waals surface area contributed by atoms with Crippen molar-refractivity contribution in [3.05, 3.63) is 36.2 Å². The minimum Gasteiger partial charge on any atom is -0.367 e. The van der Waals surface area contributed by atoms with Gasteiger partial charge in [-0.2, -0.15) is 28.5 Å². The third-order valence-electron chi connectivity index (χ3n) is 3.67. The first-order valence-corrected chi connectivity index (χ1v) is 8.09. The number of rotatable bonds is 5. The van der Waals surface area contributed by atoms with Gasteiger partial charge in [0.2, 0.25) is 5.95 Å². The van der Waals surface area contributed by atoms with Gasteiger partial charge in [0.25, 0.3) is 0 Å². The van der Waals surface area contributed by atoms with Crippen molar-refractivity contribution in [2.75, 3.05) is 10.6 Å². The smallest absolute Gasteiger partial charge is 0.367 e. The van der Waals surface area contributed by atoms with Crippen LogP contribution in [0.2, 0.25) is 0 Å². The van der Waals surface area contributed by atoms with E-state index in [0.29, 0.717) is 16.6 Å². The zero-order valence-corrected chi connectivity index (χ0v) is 14.5. The molecule has 0 bridgehead atoms. The molecule has 0 aliphatic heterocycles. The SMILES string of the molecule is CC(C)Nc1nc(Nc2cccc3c2cnn3CC#N)ncc1C(F)(F)F. The van der Waals surface area contributed by atoms with Gasteiger partial charge in [0.1, 0.15) is 17.9 Å². The van der Waals surface area contributed by atoms with Crippen molar-refractivity contribution in [3.8, 4) is 6.07 Å². The number of hydrogen-bond acceptors (Lipinski definition) is 6. The van der Waals surface area contributed by atoms with E-state index in [1.165, 1.54) is 4.68 Å². The van der Waals surface area contributed by atoms with Crippen molar-refractivity contribution >= 4 is 28.4 Å².